The third kappa shape index (κ3) is 8.89. The number of carbonyl (C=O) groups is 2. The van der Waals surface area contributed by atoms with Crippen LogP contribution >= 0.6 is 0 Å². The molecular weight excluding hydrogens is 488 g/mol. The van der Waals surface area contributed by atoms with Crippen molar-refractivity contribution in [1.29, 1.82) is 0 Å². The molecule has 1 N–H and O–H groups in total. The molecule has 0 heterocycles. The molecule has 10 heteroatoms. The van der Waals surface area contributed by atoms with E-state index in [-0.39, 0.29) is 37.7 Å². The third-order valence-corrected chi connectivity index (χ3v) is 6.94. The van der Waals surface area contributed by atoms with Gasteiger partial charge in [-0.05, 0) is 61.2 Å². The van der Waals surface area contributed by atoms with E-state index in [1.807, 2.05) is 13.8 Å². The first kappa shape index (κ1) is 29.2. The largest absolute Gasteiger partial charge is 0.354 e. The smallest absolute Gasteiger partial charge is 0.242 e. The number of amides is 2. The van der Waals surface area contributed by atoms with Gasteiger partial charge in [0.2, 0.25) is 21.8 Å². The number of halogens is 2. The lowest BCUT2D eigenvalue weighted by atomic mass is 10.1. The summed E-state index contributed by atoms with van der Waals surface area (Å²) in [6, 6.07) is 10.1. The topological polar surface area (TPSA) is 86.8 Å². The van der Waals surface area contributed by atoms with Crippen LogP contribution in [0.3, 0.4) is 0 Å². The average molecular weight is 524 g/mol. The molecule has 0 saturated heterocycles. The van der Waals surface area contributed by atoms with E-state index in [4.69, 9.17) is 0 Å². The van der Waals surface area contributed by atoms with Gasteiger partial charge < -0.3 is 10.2 Å². The van der Waals surface area contributed by atoms with Crippen LogP contribution in [0.2, 0.25) is 0 Å². The lowest BCUT2D eigenvalue weighted by Crippen LogP contribution is -2.49. The normalized spacial score (nSPS) is 12.1. The van der Waals surface area contributed by atoms with Crippen molar-refractivity contribution in [2.24, 2.45) is 0 Å². The summed E-state index contributed by atoms with van der Waals surface area (Å²) in [4.78, 5) is 27.7. The van der Waals surface area contributed by atoms with E-state index in [0.717, 1.165) is 23.4 Å². The van der Waals surface area contributed by atoms with Crippen LogP contribution in [0, 0.1) is 11.6 Å². The summed E-state index contributed by atoms with van der Waals surface area (Å²) in [5.41, 5.74) is 0.977. The van der Waals surface area contributed by atoms with E-state index in [2.05, 4.69) is 5.32 Å². The van der Waals surface area contributed by atoms with Crippen molar-refractivity contribution >= 4 is 27.5 Å². The molecule has 2 aromatic rings. The molecule has 1 atom stereocenters. The standard InChI is InChI=1S/C26H35F2N3O4S/c1-4-6-17-29-26(33)24(5-2)30(19-20-9-11-21(27)12-10-20)25(32)8-7-18-31(36(3,34)35)23-15-13-22(28)14-16-23/h9-16,24H,4-8,17-19H2,1-3H3,(H,29,33). The zero-order chi connectivity index (χ0) is 26.7. The molecular formula is C26H35F2N3O4S. The van der Waals surface area contributed by atoms with Gasteiger partial charge in [0.05, 0.1) is 11.9 Å². The monoisotopic (exact) mass is 523 g/mol. The van der Waals surface area contributed by atoms with Crippen LogP contribution < -0.4 is 9.62 Å². The number of unbranched alkanes of at least 4 members (excludes halogenated alkanes) is 1. The second-order valence-electron chi connectivity index (χ2n) is 8.63. The first-order chi connectivity index (χ1) is 17.1. The van der Waals surface area contributed by atoms with Crippen LogP contribution in [-0.2, 0) is 26.2 Å². The van der Waals surface area contributed by atoms with E-state index >= 15 is 0 Å². The Morgan fingerprint density at radius 2 is 1.53 bits per heavy atom. The van der Waals surface area contributed by atoms with Gasteiger partial charge in [-0.25, -0.2) is 17.2 Å². The fraction of sp³-hybridized carbons (Fsp3) is 0.462. The highest BCUT2D eigenvalue weighted by atomic mass is 32.2. The highest BCUT2D eigenvalue weighted by Crippen LogP contribution is 2.20. The fourth-order valence-corrected chi connectivity index (χ4v) is 4.79. The number of sulfonamides is 1. The molecule has 0 aromatic heterocycles. The average Bonchev–Trinajstić information content (AvgIpc) is 2.83. The van der Waals surface area contributed by atoms with Gasteiger partial charge in [-0.3, -0.25) is 13.9 Å². The van der Waals surface area contributed by atoms with Gasteiger partial charge in [0, 0.05) is 26.1 Å². The van der Waals surface area contributed by atoms with Crippen LogP contribution in [0.4, 0.5) is 14.5 Å². The minimum atomic E-state index is -3.66. The molecule has 0 saturated carbocycles. The Kier molecular flexibility index (Phi) is 11.3. The molecule has 0 radical (unpaired) electrons. The Morgan fingerprint density at radius 1 is 0.944 bits per heavy atom. The van der Waals surface area contributed by atoms with Gasteiger partial charge >= 0.3 is 0 Å². The predicted molar refractivity (Wildman–Crippen MR) is 137 cm³/mol. The van der Waals surface area contributed by atoms with Crippen molar-refractivity contribution in [3.8, 4) is 0 Å². The maximum Gasteiger partial charge on any atom is 0.242 e. The first-order valence-corrected chi connectivity index (χ1v) is 14.0. The Balaban J connectivity index is 2.18. The maximum atomic E-state index is 13.4. The molecule has 0 aliphatic carbocycles. The second kappa shape index (κ2) is 13.9. The number of hydrogen-bond donors (Lipinski definition) is 1. The van der Waals surface area contributed by atoms with Crippen molar-refractivity contribution in [2.45, 2.75) is 58.5 Å². The number of rotatable bonds is 14. The van der Waals surface area contributed by atoms with Crippen molar-refractivity contribution in [2.75, 3.05) is 23.7 Å². The zero-order valence-corrected chi connectivity index (χ0v) is 21.9. The van der Waals surface area contributed by atoms with E-state index < -0.39 is 27.7 Å². The second-order valence-corrected chi connectivity index (χ2v) is 10.5. The molecule has 7 nitrogen and oxygen atoms in total. The maximum absolute atomic E-state index is 13.4. The molecule has 0 bridgehead atoms. The molecule has 2 amide bonds. The van der Waals surface area contributed by atoms with E-state index in [9.17, 15) is 26.8 Å². The molecule has 0 aliphatic rings. The summed E-state index contributed by atoms with van der Waals surface area (Å²) in [5.74, 6) is -1.46. The number of carbonyl (C=O) groups excluding carboxylic acids is 2. The molecule has 0 aliphatic heterocycles. The van der Waals surface area contributed by atoms with Gasteiger partial charge in [-0.2, -0.15) is 0 Å². The van der Waals surface area contributed by atoms with E-state index in [1.54, 1.807) is 12.1 Å². The first-order valence-electron chi connectivity index (χ1n) is 12.1. The number of nitrogens with one attached hydrogen (secondary N) is 1. The van der Waals surface area contributed by atoms with Gasteiger partial charge in [0.15, 0.2) is 0 Å². The minimum absolute atomic E-state index is 0.00680. The SMILES string of the molecule is CCCCNC(=O)C(CC)N(Cc1ccc(F)cc1)C(=O)CCCN(c1ccc(F)cc1)S(C)(=O)=O. The lowest BCUT2D eigenvalue weighted by Gasteiger charge is -2.31. The van der Waals surface area contributed by atoms with Crippen LogP contribution in [-0.4, -0.2) is 50.5 Å². The van der Waals surface area contributed by atoms with Gasteiger partial charge in [0.1, 0.15) is 17.7 Å². The number of benzene rings is 2. The lowest BCUT2D eigenvalue weighted by molar-refractivity contribution is -0.141. The van der Waals surface area contributed by atoms with Crippen molar-refractivity contribution < 1.29 is 26.8 Å². The van der Waals surface area contributed by atoms with Crippen LogP contribution in [0.1, 0.15) is 51.5 Å². The van der Waals surface area contributed by atoms with E-state index in [0.29, 0.717) is 24.2 Å². The summed E-state index contributed by atoms with van der Waals surface area (Å²) in [7, 11) is -3.66. The van der Waals surface area contributed by atoms with Crippen molar-refractivity contribution in [1.82, 2.24) is 10.2 Å². The molecule has 36 heavy (non-hydrogen) atoms. The third-order valence-electron chi connectivity index (χ3n) is 5.75. The Hall–Kier alpha value is -3.01. The van der Waals surface area contributed by atoms with Gasteiger partial charge in [0.25, 0.3) is 0 Å². The van der Waals surface area contributed by atoms with Crippen LogP contribution in [0.25, 0.3) is 0 Å². The quantitative estimate of drug-likeness (QED) is 0.376. The summed E-state index contributed by atoms with van der Waals surface area (Å²) < 4.78 is 52.4. The molecule has 1 unspecified atom stereocenters. The summed E-state index contributed by atoms with van der Waals surface area (Å²) in [6.07, 6.45) is 3.35. The molecule has 2 aromatic carbocycles. The molecule has 0 fully saturated rings. The van der Waals surface area contributed by atoms with Crippen LogP contribution in [0.5, 0.6) is 0 Å². The Labute approximate surface area is 212 Å². The van der Waals surface area contributed by atoms with Crippen molar-refractivity contribution in [3.63, 3.8) is 0 Å². The number of hydrogen-bond acceptors (Lipinski definition) is 4. The number of anilines is 1. The summed E-state index contributed by atoms with van der Waals surface area (Å²) in [5, 5.41) is 2.87. The molecule has 2 rings (SSSR count). The highest BCUT2D eigenvalue weighted by molar-refractivity contribution is 7.92. The van der Waals surface area contributed by atoms with Crippen molar-refractivity contribution in [3.05, 3.63) is 65.7 Å². The van der Waals surface area contributed by atoms with Gasteiger partial charge in [-0.1, -0.05) is 32.4 Å². The summed E-state index contributed by atoms with van der Waals surface area (Å²) >= 11 is 0. The van der Waals surface area contributed by atoms with Crippen LogP contribution in [0.15, 0.2) is 48.5 Å². The highest BCUT2D eigenvalue weighted by Gasteiger charge is 2.28. The predicted octanol–water partition coefficient (Wildman–Crippen LogP) is 4.23. The summed E-state index contributed by atoms with van der Waals surface area (Å²) in [6.45, 7) is 4.46. The minimum Gasteiger partial charge on any atom is -0.354 e. The zero-order valence-electron chi connectivity index (χ0n) is 21.0. The van der Waals surface area contributed by atoms with E-state index in [1.165, 1.54) is 41.3 Å². The fourth-order valence-electron chi connectivity index (χ4n) is 3.82. The number of nitrogens with zero attached hydrogens (tertiary/aromatic N) is 2. The van der Waals surface area contributed by atoms with Gasteiger partial charge in [-0.15, -0.1) is 0 Å². The Morgan fingerprint density at radius 3 is 2.06 bits per heavy atom. The Bertz CT molecular complexity index is 1090. The molecule has 198 valence electrons. The molecule has 0 spiro atoms.